The van der Waals surface area contributed by atoms with Gasteiger partial charge in [0.15, 0.2) is 0 Å². The van der Waals surface area contributed by atoms with Crippen LogP contribution in [0.25, 0.3) is 0 Å². The highest BCUT2D eigenvalue weighted by atomic mass is 16.6. The van der Waals surface area contributed by atoms with Crippen LogP contribution in [0.3, 0.4) is 0 Å². The topological polar surface area (TPSA) is 58.4 Å². The molecule has 0 saturated carbocycles. The largest absolute Gasteiger partial charge is 0.269 e. The molecular weight excluding hydrogens is 242 g/mol. The Morgan fingerprint density at radius 3 is 2.74 bits per heavy atom. The van der Waals surface area contributed by atoms with Crippen LogP contribution < -0.4 is 5.43 Å². The highest BCUT2D eigenvalue weighted by molar-refractivity contribution is 5.35. The van der Waals surface area contributed by atoms with Crippen molar-refractivity contribution in [3.05, 3.63) is 39.9 Å². The van der Waals surface area contributed by atoms with Gasteiger partial charge in [0.05, 0.1) is 4.92 Å². The van der Waals surface area contributed by atoms with Gasteiger partial charge >= 0.3 is 0 Å². The van der Waals surface area contributed by atoms with E-state index in [1.807, 2.05) is 6.07 Å². The predicted octanol–water partition coefficient (Wildman–Crippen LogP) is 3.04. The molecule has 0 aromatic heterocycles. The Balaban J connectivity index is 2.07. The van der Waals surface area contributed by atoms with E-state index >= 15 is 0 Å². The molecule has 0 radical (unpaired) electrons. The molecule has 1 aromatic carbocycles. The van der Waals surface area contributed by atoms with Crippen LogP contribution in [0.15, 0.2) is 24.3 Å². The standard InChI is InChI=1S/C14H21N3O2/c1-2-14(15-16-9-4-3-5-10-16)12-7-6-8-13(11-12)17(18)19/h6-8,11,14-15H,2-5,9-10H2,1H3. The van der Waals surface area contributed by atoms with Gasteiger partial charge in [-0.25, -0.2) is 10.4 Å². The van der Waals surface area contributed by atoms with Gasteiger partial charge in [0, 0.05) is 31.3 Å². The Labute approximate surface area is 113 Å². The van der Waals surface area contributed by atoms with Crippen molar-refractivity contribution in [2.75, 3.05) is 13.1 Å². The number of hydrogen-bond donors (Lipinski definition) is 1. The second-order valence-electron chi connectivity index (χ2n) is 4.99. The van der Waals surface area contributed by atoms with Gasteiger partial charge in [0.1, 0.15) is 0 Å². The lowest BCUT2D eigenvalue weighted by molar-refractivity contribution is -0.384. The van der Waals surface area contributed by atoms with Crippen LogP contribution in [0.2, 0.25) is 0 Å². The Morgan fingerprint density at radius 1 is 1.37 bits per heavy atom. The summed E-state index contributed by atoms with van der Waals surface area (Å²) >= 11 is 0. The van der Waals surface area contributed by atoms with Crippen LogP contribution >= 0.6 is 0 Å². The van der Waals surface area contributed by atoms with E-state index in [4.69, 9.17) is 0 Å². The maximum absolute atomic E-state index is 10.8. The van der Waals surface area contributed by atoms with E-state index in [0.29, 0.717) is 0 Å². The molecule has 1 aliphatic heterocycles. The smallest absolute Gasteiger partial charge is 0.258 e. The molecule has 1 saturated heterocycles. The molecule has 0 bridgehead atoms. The number of nitrogens with one attached hydrogen (secondary N) is 1. The second kappa shape index (κ2) is 6.63. The minimum atomic E-state index is -0.336. The predicted molar refractivity (Wildman–Crippen MR) is 74.7 cm³/mol. The van der Waals surface area contributed by atoms with Crippen LogP contribution in [0.4, 0.5) is 5.69 Å². The lowest BCUT2D eigenvalue weighted by atomic mass is 10.0. The van der Waals surface area contributed by atoms with E-state index in [-0.39, 0.29) is 16.7 Å². The third-order valence-electron chi connectivity index (χ3n) is 3.59. The molecule has 0 aliphatic carbocycles. The van der Waals surface area contributed by atoms with Crippen LogP contribution in [0, 0.1) is 10.1 Å². The lowest BCUT2D eigenvalue weighted by Gasteiger charge is -2.31. The highest BCUT2D eigenvalue weighted by Gasteiger charge is 2.17. The van der Waals surface area contributed by atoms with E-state index in [2.05, 4.69) is 17.4 Å². The molecule has 2 rings (SSSR count). The lowest BCUT2D eigenvalue weighted by Crippen LogP contribution is -2.43. The molecule has 0 amide bonds. The van der Waals surface area contributed by atoms with Crippen molar-refractivity contribution in [1.29, 1.82) is 0 Å². The molecule has 1 aromatic rings. The third kappa shape index (κ3) is 3.75. The van der Waals surface area contributed by atoms with Crippen molar-refractivity contribution >= 4 is 5.69 Å². The summed E-state index contributed by atoms with van der Waals surface area (Å²) in [5.74, 6) is 0. The first-order valence-electron chi connectivity index (χ1n) is 6.96. The molecule has 5 nitrogen and oxygen atoms in total. The van der Waals surface area contributed by atoms with Crippen molar-refractivity contribution < 1.29 is 4.92 Å². The number of benzene rings is 1. The summed E-state index contributed by atoms with van der Waals surface area (Å²) in [6.45, 7) is 4.22. The Hall–Kier alpha value is -1.46. The minimum absolute atomic E-state index is 0.151. The van der Waals surface area contributed by atoms with Gasteiger partial charge in [0.2, 0.25) is 0 Å². The maximum Gasteiger partial charge on any atom is 0.269 e. The van der Waals surface area contributed by atoms with Gasteiger partial charge < -0.3 is 0 Å². The quantitative estimate of drug-likeness (QED) is 0.655. The molecule has 1 N–H and O–H groups in total. The van der Waals surface area contributed by atoms with Crippen LogP contribution in [-0.4, -0.2) is 23.0 Å². The van der Waals surface area contributed by atoms with E-state index in [1.54, 1.807) is 12.1 Å². The van der Waals surface area contributed by atoms with Gasteiger partial charge in [0.25, 0.3) is 5.69 Å². The zero-order chi connectivity index (χ0) is 13.7. The average Bonchev–Trinajstić information content (AvgIpc) is 2.46. The van der Waals surface area contributed by atoms with E-state index in [0.717, 1.165) is 25.1 Å². The zero-order valence-electron chi connectivity index (χ0n) is 11.3. The Kier molecular flexibility index (Phi) is 4.87. The number of nitro groups is 1. The highest BCUT2D eigenvalue weighted by Crippen LogP contribution is 2.22. The van der Waals surface area contributed by atoms with Gasteiger partial charge in [-0.15, -0.1) is 0 Å². The zero-order valence-corrected chi connectivity index (χ0v) is 11.3. The molecule has 0 spiro atoms. The summed E-state index contributed by atoms with van der Waals surface area (Å²) in [5.41, 5.74) is 4.65. The van der Waals surface area contributed by atoms with Crippen molar-refractivity contribution in [1.82, 2.24) is 10.4 Å². The fourth-order valence-corrected chi connectivity index (χ4v) is 2.50. The van der Waals surface area contributed by atoms with Gasteiger partial charge in [-0.3, -0.25) is 10.1 Å². The third-order valence-corrected chi connectivity index (χ3v) is 3.59. The van der Waals surface area contributed by atoms with Gasteiger partial charge in [-0.2, -0.15) is 0 Å². The molecule has 5 heteroatoms. The number of non-ortho nitro benzene ring substituents is 1. The summed E-state index contributed by atoms with van der Waals surface area (Å²) in [7, 11) is 0. The summed E-state index contributed by atoms with van der Waals surface area (Å²) in [4.78, 5) is 10.5. The van der Waals surface area contributed by atoms with Gasteiger partial charge in [-0.1, -0.05) is 25.5 Å². The van der Waals surface area contributed by atoms with Crippen molar-refractivity contribution in [3.8, 4) is 0 Å². The van der Waals surface area contributed by atoms with Crippen LogP contribution in [0.5, 0.6) is 0 Å². The number of hydrogen-bond acceptors (Lipinski definition) is 4. The van der Waals surface area contributed by atoms with E-state index in [9.17, 15) is 10.1 Å². The first kappa shape index (κ1) is 14.0. The summed E-state index contributed by atoms with van der Waals surface area (Å²) < 4.78 is 0. The number of piperidine rings is 1. The molecule has 19 heavy (non-hydrogen) atoms. The van der Waals surface area contributed by atoms with Gasteiger partial charge in [-0.05, 0) is 24.8 Å². The normalized spacial score (nSPS) is 18.2. The SMILES string of the molecule is CCC(NN1CCCCC1)c1cccc([N+](=O)[O-])c1. The molecule has 1 atom stereocenters. The van der Waals surface area contributed by atoms with Crippen LogP contribution in [0.1, 0.15) is 44.2 Å². The minimum Gasteiger partial charge on any atom is -0.258 e. The number of hydrazine groups is 1. The summed E-state index contributed by atoms with van der Waals surface area (Å²) in [5, 5.41) is 13.1. The molecular formula is C14H21N3O2. The Bertz CT molecular complexity index is 430. The fraction of sp³-hybridized carbons (Fsp3) is 0.571. The fourth-order valence-electron chi connectivity index (χ4n) is 2.50. The molecule has 1 fully saturated rings. The number of nitrogens with zero attached hydrogens (tertiary/aromatic N) is 2. The average molecular weight is 263 g/mol. The number of nitro benzene ring substituents is 1. The first-order chi connectivity index (χ1) is 9.20. The van der Waals surface area contributed by atoms with Crippen molar-refractivity contribution in [2.45, 2.75) is 38.6 Å². The number of rotatable bonds is 5. The molecule has 104 valence electrons. The monoisotopic (exact) mass is 263 g/mol. The molecule has 1 heterocycles. The molecule has 1 aliphatic rings. The molecule has 1 unspecified atom stereocenters. The van der Waals surface area contributed by atoms with Crippen molar-refractivity contribution in [2.24, 2.45) is 0 Å². The van der Waals surface area contributed by atoms with E-state index in [1.165, 1.54) is 25.3 Å². The first-order valence-corrected chi connectivity index (χ1v) is 6.96. The maximum atomic E-state index is 10.8. The second-order valence-corrected chi connectivity index (χ2v) is 4.99. The Morgan fingerprint density at radius 2 is 2.11 bits per heavy atom. The summed E-state index contributed by atoms with van der Waals surface area (Å²) in [6.07, 6.45) is 4.65. The van der Waals surface area contributed by atoms with Crippen molar-refractivity contribution in [3.63, 3.8) is 0 Å². The van der Waals surface area contributed by atoms with E-state index < -0.39 is 0 Å². The summed E-state index contributed by atoms with van der Waals surface area (Å²) in [6, 6.07) is 7.08. The van der Waals surface area contributed by atoms with Crippen LogP contribution in [-0.2, 0) is 0 Å².